The van der Waals surface area contributed by atoms with E-state index < -0.39 is 0 Å². The minimum Gasteiger partial charge on any atom is -0.497 e. The van der Waals surface area contributed by atoms with Crippen LogP contribution in [0.25, 0.3) is 0 Å². The molecule has 0 radical (unpaired) electrons. The van der Waals surface area contributed by atoms with Crippen LogP contribution in [0.4, 0.5) is 0 Å². The highest BCUT2D eigenvalue weighted by Crippen LogP contribution is 2.24. The third-order valence-corrected chi connectivity index (χ3v) is 2.66. The van der Waals surface area contributed by atoms with Crippen molar-refractivity contribution in [3.63, 3.8) is 0 Å². The molecule has 1 rings (SSSR count). The summed E-state index contributed by atoms with van der Waals surface area (Å²) in [7, 11) is 3.21. The number of halogens is 1. The van der Waals surface area contributed by atoms with E-state index in [4.69, 9.17) is 32.5 Å². The Morgan fingerprint density at radius 3 is 2.68 bits per heavy atom. The van der Waals surface area contributed by atoms with E-state index in [0.717, 1.165) is 17.1 Å². The molecule has 0 unspecified atom stereocenters. The van der Waals surface area contributed by atoms with E-state index in [2.05, 4.69) is 5.32 Å². The molecule has 0 bridgehead atoms. The quantitative estimate of drug-likeness (QED) is 0.691. The molecule has 0 aliphatic rings. The molecule has 0 amide bonds. The zero-order chi connectivity index (χ0) is 14.3. The molecule has 5 N–H and O–H groups in total. The largest absolute Gasteiger partial charge is 0.497 e. The first kappa shape index (κ1) is 15.0. The molecule has 0 aromatic heterocycles. The second kappa shape index (κ2) is 7.43. The fourth-order valence-electron chi connectivity index (χ4n) is 1.44. The van der Waals surface area contributed by atoms with Crippen LogP contribution < -0.4 is 26.3 Å². The molecule has 0 heterocycles. The van der Waals surface area contributed by atoms with E-state index in [1.54, 1.807) is 14.2 Å². The Hall–Kier alpha value is -2.01. The smallest absolute Gasteiger partial charge is 0.127 e. The fourth-order valence-corrected chi connectivity index (χ4v) is 1.56. The Labute approximate surface area is 117 Å². The molecule has 0 saturated heterocycles. The first-order valence-corrected chi connectivity index (χ1v) is 5.97. The topological polar surface area (TPSA) is 82.5 Å². The number of methoxy groups -OCH3 is 2. The van der Waals surface area contributed by atoms with E-state index in [1.165, 1.54) is 12.3 Å². The molecule has 6 heteroatoms. The second-order valence-electron chi connectivity index (χ2n) is 3.68. The molecule has 0 spiro atoms. The summed E-state index contributed by atoms with van der Waals surface area (Å²) in [6.45, 7) is 0.504. The van der Waals surface area contributed by atoms with Crippen LogP contribution in [-0.4, -0.2) is 14.2 Å². The van der Waals surface area contributed by atoms with Gasteiger partial charge in [0.1, 0.15) is 11.5 Å². The molecular formula is C13H18ClN3O2. The van der Waals surface area contributed by atoms with Crippen LogP contribution in [0.15, 0.2) is 41.3 Å². The fraction of sp³-hybridized carbons (Fsp3) is 0.231. The number of nitrogens with two attached hydrogens (primary N) is 2. The van der Waals surface area contributed by atoms with Crippen LogP contribution in [0.5, 0.6) is 11.5 Å². The zero-order valence-electron chi connectivity index (χ0n) is 10.9. The minimum absolute atomic E-state index is 0.367. The van der Waals surface area contributed by atoms with Gasteiger partial charge in [0.15, 0.2) is 0 Å². The summed E-state index contributed by atoms with van der Waals surface area (Å²) >= 11 is 5.74. The van der Waals surface area contributed by atoms with Crippen LogP contribution in [0, 0.1) is 0 Å². The average Bonchev–Trinajstić information content (AvgIpc) is 2.44. The number of ether oxygens (including phenoxy) is 2. The molecule has 0 aliphatic carbocycles. The number of rotatable bonds is 6. The predicted molar refractivity (Wildman–Crippen MR) is 76.8 cm³/mol. The number of hydrogen-bond donors (Lipinski definition) is 3. The molecule has 5 nitrogen and oxygen atoms in total. The van der Waals surface area contributed by atoms with Crippen molar-refractivity contribution in [3.8, 4) is 11.5 Å². The Balaban J connectivity index is 2.75. The van der Waals surface area contributed by atoms with Gasteiger partial charge in [-0.1, -0.05) is 11.6 Å². The Bertz CT molecular complexity index is 487. The third-order valence-electron chi connectivity index (χ3n) is 2.43. The van der Waals surface area contributed by atoms with Gasteiger partial charge >= 0.3 is 0 Å². The van der Waals surface area contributed by atoms with Crippen molar-refractivity contribution in [1.82, 2.24) is 5.32 Å². The highest BCUT2D eigenvalue weighted by atomic mass is 35.5. The molecule has 104 valence electrons. The van der Waals surface area contributed by atoms with Crippen molar-refractivity contribution in [2.75, 3.05) is 14.2 Å². The van der Waals surface area contributed by atoms with Crippen LogP contribution >= 0.6 is 11.6 Å². The van der Waals surface area contributed by atoms with Crippen molar-refractivity contribution >= 4 is 11.6 Å². The molecule has 0 atom stereocenters. The third kappa shape index (κ3) is 4.63. The number of benzene rings is 1. The number of nitrogens with one attached hydrogen (secondary N) is 1. The summed E-state index contributed by atoms with van der Waals surface area (Å²) < 4.78 is 10.4. The van der Waals surface area contributed by atoms with Crippen molar-refractivity contribution < 1.29 is 9.47 Å². The van der Waals surface area contributed by atoms with Gasteiger partial charge in [-0.3, -0.25) is 0 Å². The van der Waals surface area contributed by atoms with Gasteiger partial charge in [0.25, 0.3) is 0 Å². The number of hydrogen-bond acceptors (Lipinski definition) is 5. The lowest BCUT2D eigenvalue weighted by atomic mass is 10.2. The highest BCUT2D eigenvalue weighted by molar-refractivity contribution is 6.31. The zero-order valence-corrected chi connectivity index (χ0v) is 11.7. The van der Waals surface area contributed by atoms with E-state index in [1.807, 2.05) is 18.2 Å². The first-order chi connectivity index (χ1) is 9.10. The van der Waals surface area contributed by atoms with Gasteiger partial charge in [-0.2, -0.15) is 0 Å². The molecule has 1 aromatic rings. The van der Waals surface area contributed by atoms with E-state index in [-0.39, 0.29) is 0 Å². The summed E-state index contributed by atoms with van der Waals surface area (Å²) in [5.41, 5.74) is 12.0. The Kier molecular flexibility index (Phi) is 5.89. The monoisotopic (exact) mass is 283 g/mol. The van der Waals surface area contributed by atoms with Crippen LogP contribution in [0.1, 0.15) is 5.56 Å². The van der Waals surface area contributed by atoms with Crippen molar-refractivity contribution in [1.29, 1.82) is 0 Å². The van der Waals surface area contributed by atoms with Crippen molar-refractivity contribution in [2.24, 2.45) is 11.5 Å². The van der Waals surface area contributed by atoms with Gasteiger partial charge < -0.3 is 26.3 Å². The van der Waals surface area contributed by atoms with Gasteiger partial charge in [0, 0.05) is 24.4 Å². The summed E-state index contributed by atoms with van der Waals surface area (Å²) in [6.07, 6.45) is 2.81. The lowest BCUT2D eigenvalue weighted by molar-refractivity contribution is 0.390. The SMILES string of the molecule is COc1ccc(CN/C(N)=C/C(Cl)=C\N)c(OC)c1. The van der Waals surface area contributed by atoms with Crippen LogP contribution in [0.2, 0.25) is 0 Å². The van der Waals surface area contributed by atoms with Gasteiger partial charge in [0.05, 0.1) is 25.1 Å². The maximum absolute atomic E-state index is 5.75. The molecule has 19 heavy (non-hydrogen) atoms. The van der Waals surface area contributed by atoms with Gasteiger partial charge in [0.2, 0.25) is 0 Å². The normalized spacial score (nSPS) is 12.2. The second-order valence-corrected chi connectivity index (χ2v) is 4.12. The van der Waals surface area contributed by atoms with Crippen molar-refractivity contribution in [3.05, 3.63) is 46.9 Å². The minimum atomic E-state index is 0.367. The molecule has 1 aromatic carbocycles. The van der Waals surface area contributed by atoms with Crippen LogP contribution in [0.3, 0.4) is 0 Å². The summed E-state index contributed by atoms with van der Waals surface area (Å²) in [5.74, 6) is 1.88. The lowest BCUT2D eigenvalue weighted by Gasteiger charge is -2.12. The molecule has 0 aliphatic heterocycles. The van der Waals surface area contributed by atoms with Gasteiger partial charge in [-0.05, 0) is 18.2 Å². The van der Waals surface area contributed by atoms with E-state index in [9.17, 15) is 0 Å². The summed E-state index contributed by atoms with van der Waals surface area (Å²) in [5, 5.41) is 3.38. The number of allylic oxidation sites excluding steroid dienone is 2. The van der Waals surface area contributed by atoms with Crippen LogP contribution in [-0.2, 0) is 6.54 Å². The van der Waals surface area contributed by atoms with Gasteiger partial charge in [-0.15, -0.1) is 0 Å². The standard InChI is InChI=1S/C13H18ClN3O2/c1-18-11-4-3-9(12(6-11)19-2)8-17-13(16)5-10(14)7-15/h3-7,17H,8,15-16H2,1-2H3/b10-7+,13-5+. The van der Waals surface area contributed by atoms with Gasteiger partial charge in [-0.25, -0.2) is 0 Å². The summed E-state index contributed by atoms with van der Waals surface area (Å²) in [6, 6.07) is 5.56. The lowest BCUT2D eigenvalue weighted by Crippen LogP contribution is -2.20. The maximum atomic E-state index is 5.75. The Morgan fingerprint density at radius 2 is 2.11 bits per heavy atom. The first-order valence-electron chi connectivity index (χ1n) is 5.60. The summed E-state index contributed by atoms with van der Waals surface area (Å²) in [4.78, 5) is 0. The van der Waals surface area contributed by atoms with E-state index >= 15 is 0 Å². The highest BCUT2D eigenvalue weighted by Gasteiger charge is 2.04. The molecule has 0 saturated carbocycles. The molecular weight excluding hydrogens is 266 g/mol. The maximum Gasteiger partial charge on any atom is 0.127 e. The van der Waals surface area contributed by atoms with Crippen molar-refractivity contribution in [2.45, 2.75) is 6.54 Å². The Morgan fingerprint density at radius 1 is 1.37 bits per heavy atom. The molecule has 0 fully saturated rings. The predicted octanol–water partition coefficient (Wildman–Crippen LogP) is 1.63. The average molecular weight is 284 g/mol. The van der Waals surface area contributed by atoms with E-state index in [0.29, 0.717) is 17.4 Å².